The van der Waals surface area contributed by atoms with Crippen molar-refractivity contribution in [2.24, 2.45) is 4.99 Å². The third kappa shape index (κ3) is 11.1. The van der Waals surface area contributed by atoms with E-state index in [-0.39, 0.29) is 42.9 Å². The van der Waals surface area contributed by atoms with Gasteiger partial charge < -0.3 is 15.5 Å². The number of carbonyl (C=O) groups is 5. The van der Waals surface area contributed by atoms with Crippen LogP contribution < -0.4 is 16.0 Å². The van der Waals surface area contributed by atoms with Crippen LogP contribution in [0.1, 0.15) is 122 Å². The molecule has 312 valence electrons. The fourth-order valence-electron chi connectivity index (χ4n) is 7.59. The molecule has 5 amide bonds. The first-order valence-electron chi connectivity index (χ1n) is 20.5. The zero-order chi connectivity index (χ0) is 42.1. The van der Waals surface area contributed by atoms with Crippen LogP contribution in [0.5, 0.6) is 0 Å². The number of piperidine rings is 1. The zero-order valence-corrected chi connectivity index (χ0v) is 35.8. The number of amides is 5. The van der Waals surface area contributed by atoms with Crippen LogP contribution in [0.2, 0.25) is 5.02 Å². The minimum absolute atomic E-state index is 0.0669. The summed E-state index contributed by atoms with van der Waals surface area (Å²) in [6, 6.07) is 13.7. The Morgan fingerprint density at radius 3 is 2.37 bits per heavy atom. The number of halogens is 1. The van der Waals surface area contributed by atoms with Crippen molar-refractivity contribution < 1.29 is 24.0 Å². The Morgan fingerprint density at radius 2 is 1.64 bits per heavy atom. The van der Waals surface area contributed by atoms with Gasteiger partial charge in [0.05, 0.1) is 18.6 Å². The van der Waals surface area contributed by atoms with Gasteiger partial charge in [-0.25, -0.2) is 0 Å². The van der Waals surface area contributed by atoms with Crippen LogP contribution in [0.4, 0.5) is 5.69 Å². The van der Waals surface area contributed by atoms with Gasteiger partial charge in [-0.3, -0.25) is 38.8 Å². The second-order valence-electron chi connectivity index (χ2n) is 15.4. The number of thiophene rings is 1. The SMILES string of the molecule is Cc1sc2c(c1C)C(c1ccc(Cl)cc1)=N[C@@H](CC(=O)NCCCCCCCCCCC(=O)Nc1cccc(CC(=O)N(C)C3CCC(=O)NC3=O)c1)c1nnc(C)n1-2. The zero-order valence-electron chi connectivity index (χ0n) is 34.2. The summed E-state index contributed by atoms with van der Waals surface area (Å²) in [6.07, 6.45) is 9.19. The molecule has 0 bridgehead atoms. The Morgan fingerprint density at radius 1 is 0.932 bits per heavy atom. The molecule has 1 fully saturated rings. The lowest BCUT2D eigenvalue weighted by atomic mass is 9.99. The molecule has 1 saturated heterocycles. The number of aryl methyl sites for hydroxylation is 2. The highest BCUT2D eigenvalue weighted by molar-refractivity contribution is 7.15. The third-order valence-corrected chi connectivity index (χ3v) is 12.5. The van der Waals surface area contributed by atoms with E-state index in [4.69, 9.17) is 16.6 Å². The summed E-state index contributed by atoms with van der Waals surface area (Å²) in [6.45, 7) is 6.75. The van der Waals surface area contributed by atoms with Crippen LogP contribution in [0.15, 0.2) is 53.5 Å². The van der Waals surface area contributed by atoms with Crippen molar-refractivity contribution >= 4 is 63.9 Å². The second-order valence-corrected chi connectivity index (χ2v) is 17.1. The van der Waals surface area contributed by atoms with E-state index in [9.17, 15) is 24.0 Å². The molecule has 4 aromatic rings. The molecular formula is C44H53ClN8O5S. The van der Waals surface area contributed by atoms with Gasteiger partial charge in [0.1, 0.15) is 22.9 Å². The molecule has 0 saturated carbocycles. The first-order chi connectivity index (χ1) is 28.4. The number of unbranched alkanes of at least 4 members (excludes halogenated alkanes) is 7. The van der Waals surface area contributed by atoms with Gasteiger partial charge >= 0.3 is 0 Å². The molecule has 15 heteroatoms. The number of aliphatic imine (C=N–C) groups is 1. The van der Waals surface area contributed by atoms with E-state index in [0.717, 1.165) is 90.2 Å². The molecule has 0 spiro atoms. The number of nitrogens with zero attached hydrogens (tertiary/aromatic N) is 5. The smallest absolute Gasteiger partial charge is 0.249 e. The van der Waals surface area contributed by atoms with Gasteiger partial charge in [0, 0.05) is 53.1 Å². The molecule has 2 aromatic heterocycles. The van der Waals surface area contributed by atoms with Crippen molar-refractivity contribution in [3.05, 3.63) is 92.3 Å². The lowest BCUT2D eigenvalue weighted by Crippen LogP contribution is -2.53. The molecule has 2 aliphatic heterocycles. The van der Waals surface area contributed by atoms with Crippen molar-refractivity contribution in [3.8, 4) is 5.00 Å². The quantitative estimate of drug-likeness (QED) is 0.0700. The molecule has 2 aliphatic rings. The van der Waals surface area contributed by atoms with E-state index < -0.39 is 18.0 Å². The number of rotatable bonds is 18. The number of carbonyl (C=O) groups excluding carboxylic acids is 5. The van der Waals surface area contributed by atoms with Crippen LogP contribution >= 0.6 is 22.9 Å². The molecule has 0 aliphatic carbocycles. The fraction of sp³-hybridized carbons (Fsp3) is 0.455. The Labute approximate surface area is 354 Å². The predicted octanol–water partition coefficient (Wildman–Crippen LogP) is 7.26. The molecule has 2 aromatic carbocycles. The number of hydrogen-bond donors (Lipinski definition) is 3. The molecule has 1 unspecified atom stereocenters. The third-order valence-electron chi connectivity index (χ3n) is 11.0. The van der Waals surface area contributed by atoms with E-state index in [1.807, 2.05) is 37.3 Å². The minimum Gasteiger partial charge on any atom is -0.356 e. The highest BCUT2D eigenvalue weighted by atomic mass is 35.5. The number of hydrogen-bond acceptors (Lipinski definition) is 9. The number of aromatic nitrogens is 3. The summed E-state index contributed by atoms with van der Waals surface area (Å²) in [5.74, 6) is 0.281. The first-order valence-corrected chi connectivity index (χ1v) is 21.7. The van der Waals surface area contributed by atoms with Gasteiger partial charge in [0.2, 0.25) is 29.5 Å². The van der Waals surface area contributed by atoms with Crippen LogP contribution in [0, 0.1) is 20.8 Å². The maximum absolute atomic E-state index is 13.3. The van der Waals surface area contributed by atoms with Crippen LogP contribution in [-0.4, -0.2) is 74.5 Å². The maximum atomic E-state index is 13.3. The lowest BCUT2D eigenvalue weighted by Gasteiger charge is -2.29. The van der Waals surface area contributed by atoms with E-state index in [0.29, 0.717) is 35.9 Å². The van der Waals surface area contributed by atoms with Crippen LogP contribution in [0.3, 0.4) is 0 Å². The van der Waals surface area contributed by atoms with E-state index in [1.54, 1.807) is 36.6 Å². The number of anilines is 1. The molecule has 4 heterocycles. The van der Waals surface area contributed by atoms with Crippen molar-refractivity contribution in [2.45, 2.75) is 116 Å². The molecule has 59 heavy (non-hydrogen) atoms. The van der Waals surface area contributed by atoms with Gasteiger partial charge in [0.25, 0.3) is 0 Å². The summed E-state index contributed by atoms with van der Waals surface area (Å²) >= 11 is 7.92. The highest BCUT2D eigenvalue weighted by Crippen LogP contribution is 2.39. The van der Waals surface area contributed by atoms with Gasteiger partial charge in [0.15, 0.2) is 5.82 Å². The summed E-state index contributed by atoms with van der Waals surface area (Å²) in [4.78, 5) is 70.1. The topological polar surface area (TPSA) is 168 Å². The van der Waals surface area contributed by atoms with Crippen molar-refractivity contribution in [1.29, 1.82) is 0 Å². The van der Waals surface area contributed by atoms with Crippen LogP contribution in [-0.2, 0) is 30.4 Å². The van der Waals surface area contributed by atoms with Crippen molar-refractivity contribution in [2.75, 3.05) is 18.9 Å². The predicted molar refractivity (Wildman–Crippen MR) is 230 cm³/mol. The Balaban J connectivity index is 0.863. The van der Waals surface area contributed by atoms with Crippen molar-refractivity contribution in [3.63, 3.8) is 0 Å². The number of fused-ring (bicyclic) bond motifs is 3. The average molecular weight is 841 g/mol. The normalized spacial score (nSPS) is 16.1. The summed E-state index contributed by atoms with van der Waals surface area (Å²) in [7, 11) is 1.57. The Kier molecular flexibility index (Phi) is 14.8. The number of nitrogens with one attached hydrogen (secondary N) is 3. The van der Waals surface area contributed by atoms with E-state index in [2.05, 4.69) is 44.6 Å². The largest absolute Gasteiger partial charge is 0.356 e. The molecule has 3 N–H and O–H groups in total. The number of imide groups is 1. The van der Waals surface area contributed by atoms with Gasteiger partial charge in [-0.15, -0.1) is 21.5 Å². The van der Waals surface area contributed by atoms with Gasteiger partial charge in [-0.1, -0.05) is 74.4 Å². The summed E-state index contributed by atoms with van der Waals surface area (Å²) < 4.78 is 2.06. The molecule has 6 rings (SSSR count). The Bertz CT molecular complexity index is 2210. The monoisotopic (exact) mass is 840 g/mol. The van der Waals surface area contributed by atoms with Gasteiger partial charge in [-0.05, 0) is 75.4 Å². The maximum Gasteiger partial charge on any atom is 0.249 e. The average Bonchev–Trinajstić information content (AvgIpc) is 3.68. The number of benzene rings is 2. The fourth-order valence-corrected chi connectivity index (χ4v) is 8.93. The molecule has 13 nitrogen and oxygen atoms in total. The van der Waals surface area contributed by atoms with Crippen molar-refractivity contribution in [1.82, 2.24) is 30.3 Å². The van der Waals surface area contributed by atoms with E-state index in [1.165, 1.54) is 9.78 Å². The Hall–Kier alpha value is -5.21. The molecule has 0 radical (unpaired) electrons. The number of likely N-dealkylation sites (N-methyl/N-ethyl adjacent to an activating group) is 1. The standard InChI is InChI=1S/C44H53ClN8O5S/c1-27-28(2)59-44-40(27)41(31-17-19-32(45)20-18-31)48-34(42-51-50-29(3)53(42)44)26-38(56)46-23-12-10-8-6-5-7-9-11-16-36(54)47-33-15-13-14-30(24-33)25-39(57)52(4)35-21-22-37(55)49-43(35)58/h13-15,17-20,24,34-35H,5-12,16,21-23,25-26H2,1-4H3,(H,46,56)(H,47,54)(H,49,55,58)/t34-,35?/m0/s1. The first kappa shape index (κ1) is 43.4. The molecular weight excluding hydrogens is 788 g/mol. The highest BCUT2D eigenvalue weighted by Gasteiger charge is 2.33. The summed E-state index contributed by atoms with van der Waals surface area (Å²) in [5, 5.41) is 18.9. The van der Waals surface area contributed by atoms with E-state index >= 15 is 0 Å². The van der Waals surface area contributed by atoms with Crippen LogP contribution in [0.25, 0.3) is 5.00 Å². The lowest BCUT2D eigenvalue weighted by molar-refractivity contribution is -0.144. The molecule has 2 atom stereocenters. The summed E-state index contributed by atoms with van der Waals surface area (Å²) in [5.41, 5.74) is 5.32. The second kappa shape index (κ2) is 20.2. The van der Waals surface area contributed by atoms with Gasteiger partial charge in [-0.2, -0.15) is 0 Å². The minimum atomic E-state index is -0.668.